The second kappa shape index (κ2) is 6.29. The van der Waals surface area contributed by atoms with Gasteiger partial charge in [0.1, 0.15) is 12.2 Å². The van der Waals surface area contributed by atoms with E-state index in [1.807, 2.05) is 24.3 Å². The molecule has 3 rings (SSSR count). The fourth-order valence-corrected chi connectivity index (χ4v) is 2.73. The second-order valence-corrected chi connectivity index (χ2v) is 5.42. The van der Waals surface area contributed by atoms with E-state index in [2.05, 4.69) is 10.3 Å². The number of nitrogens with one attached hydrogen (secondary N) is 1. The maximum absolute atomic E-state index is 11.1. The van der Waals surface area contributed by atoms with Gasteiger partial charge in [0.15, 0.2) is 12.2 Å². The number of aromatic nitrogens is 1. The molecule has 2 aromatic rings. The second-order valence-electron chi connectivity index (χ2n) is 5.42. The van der Waals surface area contributed by atoms with E-state index in [1.165, 1.54) is 13.3 Å². The Morgan fingerprint density at radius 3 is 2.86 bits per heavy atom. The molecular formula is C16H18N2O4. The summed E-state index contributed by atoms with van der Waals surface area (Å²) in [5.74, 6) is 0.345. The third-order valence-corrected chi connectivity index (χ3v) is 3.79. The molecule has 0 aliphatic carbocycles. The Labute approximate surface area is 128 Å². The van der Waals surface area contributed by atoms with E-state index < -0.39 is 12.2 Å². The molecule has 6 heteroatoms. The number of hydrogen-bond acceptors (Lipinski definition) is 6. The predicted octanol–water partition coefficient (Wildman–Crippen LogP) is 1.15. The molecule has 0 spiro atoms. The van der Waals surface area contributed by atoms with E-state index in [1.54, 1.807) is 6.20 Å². The summed E-state index contributed by atoms with van der Waals surface area (Å²) in [6.45, 7) is 1.78. The molecule has 116 valence electrons. The van der Waals surface area contributed by atoms with E-state index in [4.69, 9.17) is 9.15 Å². The van der Waals surface area contributed by atoms with Crippen LogP contribution < -0.4 is 5.32 Å². The van der Waals surface area contributed by atoms with Crippen molar-refractivity contribution in [3.8, 4) is 11.3 Å². The summed E-state index contributed by atoms with van der Waals surface area (Å²) in [5.41, 5.74) is 2.05. The van der Waals surface area contributed by atoms with Crippen LogP contribution in [-0.2, 0) is 16.0 Å². The van der Waals surface area contributed by atoms with Gasteiger partial charge in [-0.1, -0.05) is 24.3 Å². The lowest BCUT2D eigenvalue weighted by atomic mass is 10.00. The third kappa shape index (κ3) is 3.18. The lowest BCUT2D eigenvalue weighted by molar-refractivity contribution is -0.151. The number of esters is 1. The Balaban J connectivity index is 1.68. The number of aliphatic hydroxyl groups is 1. The zero-order chi connectivity index (χ0) is 15.5. The minimum Gasteiger partial charge on any atom is -0.458 e. The zero-order valence-electron chi connectivity index (χ0n) is 12.2. The number of oxazole rings is 1. The van der Waals surface area contributed by atoms with Crippen molar-refractivity contribution in [1.82, 2.24) is 10.3 Å². The van der Waals surface area contributed by atoms with Crippen LogP contribution in [0.25, 0.3) is 11.3 Å². The minimum absolute atomic E-state index is 0.0879. The molecule has 2 N–H and O–H groups in total. The number of ether oxygens (including phenoxy) is 1. The summed E-state index contributed by atoms with van der Waals surface area (Å²) in [4.78, 5) is 15.0. The number of benzene rings is 1. The Morgan fingerprint density at radius 2 is 2.23 bits per heavy atom. The fraction of sp³-hybridized carbons (Fsp3) is 0.375. The number of nitrogens with zero attached hydrogens (tertiary/aromatic N) is 1. The lowest BCUT2D eigenvalue weighted by Crippen LogP contribution is -2.38. The minimum atomic E-state index is -0.664. The summed E-state index contributed by atoms with van der Waals surface area (Å²) in [6, 6.07) is 7.82. The van der Waals surface area contributed by atoms with Crippen LogP contribution in [0, 0.1) is 0 Å². The molecule has 3 atom stereocenters. The first-order valence-electron chi connectivity index (χ1n) is 7.20. The number of carbonyl (C=O) groups excluding carboxylic acids is 1. The van der Waals surface area contributed by atoms with E-state index in [0.717, 1.165) is 16.9 Å². The largest absolute Gasteiger partial charge is 0.458 e. The van der Waals surface area contributed by atoms with Crippen molar-refractivity contribution in [2.24, 2.45) is 0 Å². The molecule has 1 aliphatic rings. The highest BCUT2D eigenvalue weighted by atomic mass is 16.6. The van der Waals surface area contributed by atoms with Crippen LogP contribution in [0.3, 0.4) is 0 Å². The van der Waals surface area contributed by atoms with Crippen molar-refractivity contribution >= 4 is 5.97 Å². The quantitative estimate of drug-likeness (QED) is 0.824. The molecule has 1 aromatic heterocycles. The molecule has 1 fully saturated rings. The highest BCUT2D eigenvalue weighted by molar-refractivity contribution is 5.66. The number of hydrogen-bond donors (Lipinski definition) is 2. The van der Waals surface area contributed by atoms with Crippen LogP contribution in [0.4, 0.5) is 0 Å². The molecule has 22 heavy (non-hydrogen) atoms. The normalized spacial score (nSPS) is 24.4. The molecule has 0 bridgehead atoms. The van der Waals surface area contributed by atoms with Gasteiger partial charge in [0.05, 0.1) is 12.2 Å². The number of aliphatic hydroxyl groups excluding tert-OH is 1. The van der Waals surface area contributed by atoms with Crippen LogP contribution in [0.1, 0.15) is 12.5 Å². The summed E-state index contributed by atoms with van der Waals surface area (Å²) < 4.78 is 10.5. The molecule has 1 aliphatic heterocycles. The highest BCUT2D eigenvalue weighted by Crippen LogP contribution is 2.21. The van der Waals surface area contributed by atoms with Gasteiger partial charge in [0.2, 0.25) is 0 Å². The topological polar surface area (TPSA) is 84.6 Å². The Bertz CT molecular complexity index is 624. The number of carbonyl (C=O) groups is 1. The van der Waals surface area contributed by atoms with Crippen LogP contribution in [0.5, 0.6) is 0 Å². The van der Waals surface area contributed by atoms with Gasteiger partial charge < -0.3 is 19.6 Å². The van der Waals surface area contributed by atoms with Gasteiger partial charge in [-0.3, -0.25) is 4.79 Å². The van der Waals surface area contributed by atoms with E-state index in [-0.39, 0.29) is 12.0 Å². The summed E-state index contributed by atoms with van der Waals surface area (Å²) in [7, 11) is 0. The highest BCUT2D eigenvalue weighted by Gasteiger charge is 2.37. The molecule has 0 radical (unpaired) electrons. The SMILES string of the molecule is CC(=O)O[C@@H]1[C@@H](O)CN[C@@H]1Cc1ccc(-c2cnco2)cc1. The first-order chi connectivity index (χ1) is 10.6. The van der Waals surface area contributed by atoms with E-state index in [9.17, 15) is 9.90 Å². The molecule has 0 saturated carbocycles. The molecular weight excluding hydrogens is 284 g/mol. The van der Waals surface area contributed by atoms with Crippen LogP contribution >= 0.6 is 0 Å². The van der Waals surface area contributed by atoms with Gasteiger partial charge in [-0.2, -0.15) is 0 Å². The third-order valence-electron chi connectivity index (χ3n) is 3.79. The molecule has 1 saturated heterocycles. The Kier molecular flexibility index (Phi) is 4.22. The summed E-state index contributed by atoms with van der Waals surface area (Å²) in [6.07, 6.45) is 2.57. The average molecular weight is 302 g/mol. The average Bonchev–Trinajstić information content (AvgIpc) is 3.13. The van der Waals surface area contributed by atoms with E-state index >= 15 is 0 Å². The van der Waals surface area contributed by atoms with Crippen molar-refractivity contribution in [3.05, 3.63) is 42.4 Å². The van der Waals surface area contributed by atoms with Crippen LogP contribution in [0.15, 0.2) is 41.3 Å². The number of rotatable bonds is 4. The zero-order valence-corrected chi connectivity index (χ0v) is 12.2. The van der Waals surface area contributed by atoms with Gasteiger partial charge in [-0.25, -0.2) is 4.98 Å². The van der Waals surface area contributed by atoms with Gasteiger partial charge in [0.25, 0.3) is 0 Å². The standard InChI is InChI=1S/C16H18N2O4/c1-10(19)22-16-13(18-7-14(16)20)6-11-2-4-12(5-3-11)15-8-17-9-21-15/h2-5,8-9,13-14,16,18,20H,6-7H2,1H3/t13-,14+,16+/m1/s1. The van der Waals surface area contributed by atoms with Gasteiger partial charge in [-0.15, -0.1) is 0 Å². The number of β-amino-alcohol motifs (C(OH)–C–C–N with tert-alkyl or cyclic N) is 1. The smallest absolute Gasteiger partial charge is 0.303 e. The molecule has 2 heterocycles. The maximum Gasteiger partial charge on any atom is 0.303 e. The van der Waals surface area contributed by atoms with Crippen LogP contribution in [0.2, 0.25) is 0 Å². The van der Waals surface area contributed by atoms with Crippen molar-refractivity contribution in [2.45, 2.75) is 31.6 Å². The molecule has 0 unspecified atom stereocenters. The van der Waals surface area contributed by atoms with Gasteiger partial charge >= 0.3 is 5.97 Å². The van der Waals surface area contributed by atoms with Crippen molar-refractivity contribution < 1.29 is 19.1 Å². The van der Waals surface area contributed by atoms with Crippen LogP contribution in [-0.4, -0.2) is 40.9 Å². The summed E-state index contributed by atoms with van der Waals surface area (Å²) >= 11 is 0. The van der Waals surface area contributed by atoms with Gasteiger partial charge in [-0.05, 0) is 12.0 Å². The summed E-state index contributed by atoms with van der Waals surface area (Å²) in [5, 5.41) is 13.1. The van der Waals surface area contributed by atoms with E-state index in [0.29, 0.717) is 13.0 Å². The van der Waals surface area contributed by atoms with Crippen molar-refractivity contribution in [1.29, 1.82) is 0 Å². The van der Waals surface area contributed by atoms with Crippen molar-refractivity contribution in [3.63, 3.8) is 0 Å². The maximum atomic E-state index is 11.1. The lowest BCUT2D eigenvalue weighted by Gasteiger charge is -2.21. The monoisotopic (exact) mass is 302 g/mol. The molecule has 0 amide bonds. The first kappa shape index (κ1) is 14.7. The van der Waals surface area contributed by atoms with Crippen molar-refractivity contribution in [2.75, 3.05) is 6.54 Å². The predicted molar refractivity (Wildman–Crippen MR) is 79.0 cm³/mol. The fourth-order valence-electron chi connectivity index (χ4n) is 2.73. The molecule has 6 nitrogen and oxygen atoms in total. The first-order valence-corrected chi connectivity index (χ1v) is 7.20. The Hall–Kier alpha value is -2.18. The van der Waals surface area contributed by atoms with Gasteiger partial charge in [0, 0.05) is 19.0 Å². The Morgan fingerprint density at radius 1 is 1.45 bits per heavy atom. The molecule has 1 aromatic carbocycles.